The Kier molecular flexibility index (Phi) is 2.00. The average molecular weight is 182 g/mol. The van der Waals surface area contributed by atoms with E-state index in [1.165, 1.54) is 0 Å². The number of carbonyl (C=O) groups excluding carboxylic acids is 1. The average Bonchev–Trinajstić information content (AvgIpc) is 2.67. The molecule has 3 nitrogen and oxygen atoms in total. The first-order valence-electron chi connectivity index (χ1n) is 4.78. The summed E-state index contributed by atoms with van der Waals surface area (Å²) in [5, 5.41) is 0. The summed E-state index contributed by atoms with van der Waals surface area (Å²) in [4.78, 5) is 11.3. The van der Waals surface area contributed by atoms with Gasteiger partial charge in [-0.3, -0.25) is 4.79 Å². The molecule has 2 rings (SSSR count). The van der Waals surface area contributed by atoms with Gasteiger partial charge in [0.25, 0.3) is 0 Å². The largest absolute Gasteiger partial charge is 0.339 e. The number of hydrogen-bond acceptors (Lipinski definition) is 3. The number of fused-ring (bicyclic) bond motifs is 1. The Hall–Kier alpha value is -0.670. The Balaban J connectivity index is 2.17. The fourth-order valence-electron chi connectivity index (χ4n) is 1.86. The van der Waals surface area contributed by atoms with Gasteiger partial charge in [-0.1, -0.05) is 13.8 Å². The van der Waals surface area contributed by atoms with Crippen LogP contribution in [0, 0.1) is 0 Å². The molecule has 0 N–H and O–H groups in total. The standard InChI is InChI=1S/C10H14O3/c1-3-10(4-2)12-8-6-5-7(11)9(8)13-10/h5-6,8-9H,3-4H2,1-2H3. The minimum absolute atomic E-state index is 0.0359. The van der Waals surface area contributed by atoms with Crippen molar-refractivity contribution in [2.75, 3.05) is 0 Å². The van der Waals surface area contributed by atoms with E-state index < -0.39 is 5.79 Å². The van der Waals surface area contributed by atoms with Gasteiger partial charge in [0, 0.05) is 0 Å². The van der Waals surface area contributed by atoms with Crippen LogP contribution in [-0.4, -0.2) is 23.8 Å². The molecule has 2 aliphatic rings. The van der Waals surface area contributed by atoms with E-state index in [4.69, 9.17) is 9.47 Å². The first-order chi connectivity index (χ1) is 6.21. The lowest BCUT2D eigenvalue weighted by atomic mass is 10.1. The monoisotopic (exact) mass is 182 g/mol. The second-order valence-electron chi connectivity index (χ2n) is 3.50. The van der Waals surface area contributed by atoms with Crippen LogP contribution in [-0.2, 0) is 14.3 Å². The van der Waals surface area contributed by atoms with Gasteiger partial charge in [0.1, 0.15) is 6.10 Å². The van der Waals surface area contributed by atoms with Gasteiger partial charge in [-0.25, -0.2) is 0 Å². The van der Waals surface area contributed by atoms with E-state index >= 15 is 0 Å². The van der Waals surface area contributed by atoms with E-state index in [1.54, 1.807) is 12.2 Å². The zero-order valence-electron chi connectivity index (χ0n) is 7.95. The van der Waals surface area contributed by atoms with Crippen LogP contribution in [0.5, 0.6) is 0 Å². The molecule has 1 fully saturated rings. The number of ether oxygens (including phenoxy) is 2. The van der Waals surface area contributed by atoms with Crippen molar-refractivity contribution in [1.29, 1.82) is 0 Å². The quantitative estimate of drug-likeness (QED) is 0.648. The lowest BCUT2D eigenvalue weighted by molar-refractivity contribution is -0.178. The summed E-state index contributed by atoms with van der Waals surface area (Å²) in [5.74, 6) is -0.482. The smallest absolute Gasteiger partial charge is 0.187 e. The van der Waals surface area contributed by atoms with Gasteiger partial charge in [0.2, 0.25) is 0 Å². The van der Waals surface area contributed by atoms with Gasteiger partial charge in [-0.15, -0.1) is 0 Å². The van der Waals surface area contributed by atoms with Crippen LogP contribution in [0.2, 0.25) is 0 Å². The highest BCUT2D eigenvalue weighted by atomic mass is 16.8. The van der Waals surface area contributed by atoms with E-state index in [2.05, 4.69) is 0 Å². The van der Waals surface area contributed by atoms with E-state index in [0.717, 1.165) is 12.8 Å². The lowest BCUT2D eigenvalue weighted by Crippen LogP contribution is -2.30. The van der Waals surface area contributed by atoms with Gasteiger partial charge < -0.3 is 9.47 Å². The summed E-state index contributed by atoms with van der Waals surface area (Å²) < 4.78 is 11.4. The van der Waals surface area contributed by atoms with Crippen molar-refractivity contribution in [1.82, 2.24) is 0 Å². The van der Waals surface area contributed by atoms with Crippen molar-refractivity contribution in [3.63, 3.8) is 0 Å². The molecule has 2 unspecified atom stereocenters. The van der Waals surface area contributed by atoms with Crippen LogP contribution in [0.25, 0.3) is 0 Å². The van der Waals surface area contributed by atoms with Crippen molar-refractivity contribution in [3.8, 4) is 0 Å². The molecule has 2 atom stereocenters. The molecule has 0 aromatic rings. The summed E-state index contributed by atoms with van der Waals surface area (Å²) in [5.41, 5.74) is 0. The maximum Gasteiger partial charge on any atom is 0.187 e. The molecule has 1 aliphatic heterocycles. The molecule has 0 aromatic heterocycles. The Bertz CT molecular complexity index is 253. The lowest BCUT2D eigenvalue weighted by Gasteiger charge is -2.25. The molecule has 0 bridgehead atoms. The molecule has 0 spiro atoms. The minimum atomic E-state index is -0.518. The zero-order valence-corrected chi connectivity index (χ0v) is 7.95. The Morgan fingerprint density at radius 1 is 1.38 bits per heavy atom. The van der Waals surface area contributed by atoms with Crippen molar-refractivity contribution >= 4 is 5.78 Å². The predicted octanol–water partition coefficient (Wildman–Crippen LogP) is 1.43. The second kappa shape index (κ2) is 2.93. The van der Waals surface area contributed by atoms with E-state index in [0.29, 0.717) is 0 Å². The molecule has 72 valence electrons. The Morgan fingerprint density at radius 2 is 2.08 bits per heavy atom. The maximum atomic E-state index is 11.3. The topological polar surface area (TPSA) is 35.5 Å². The van der Waals surface area contributed by atoms with Gasteiger partial charge in [-0.05, 0) is 25.0 Å². The van der Waals surface area contributed by atoms with Crippen LogP contribution in [0.1, 0.15) is 26.7 Å². The van der Waals surface area contributed by atoms with Gasteiger partial charge in [0.05, 0.1) is 0 Å². The number of ketones is 1. The van der Waals surface area contributed by atoms with Crippen LogP contribution >= 0.6 is 0 Å². The van der Waals surface area contributed by atoms with Crippen LogP contribution in [0.4, 0.5) is 0 Å². The summed E-state index contributed by atoms with van der Waals surface area (Å²) in [6, 6.07) is 0. The molecule has 1 heterocycles. The van der Waals surface area contributed by atoms with Gasteiger partial charge in [-0.2, -0.15) is 0 Å². The summed E-state index contributed by atoms with van der Waals surface area (Å²) in [6.07, 6.45) is 4.40. The molecular weight excluding hydrogens is 168 g/mol. The summed E-state index contributed by atoms with van der Waals surface area (Å²) in [7, 11) is 0. The van der Waals surface area contributed by atoms with Crippen molar-refractivity contribution in [3.05, 3.63) is 12.2 Å². The number of rotatable bonds is 2. The van der Waals surface area contributed by atoms with E-state index in [-0.39, 0.29) is 18.0 Å². The molecular formula is C10H14O3. The molecule has 0 saturated carbocycles. The fraction of sp³-hybridized carbons (Fsp3) is 0.700. The highest BCUT2D eigenvalue weighted by Crippen LogP contribution is 2.37. The third kappa shape index (κ3) is 1.23. The highest BCUT2D eigenvalue weighted by molar-refractivity contribution is 5.97. The first-order valence-corrected chi connectivity index (χ1v) is 4.78. The third-order valence-electron chi connectivity index (χ3n) is 2.80. The SMILES string of the molecule is CCC1(CC)OC2C=CC(=O)C2O1. The van der Waals surface area contributed by atoms with Crippen molar-refractivity contribution < 1.29 is 14.3 Å². The van der Waals surface area contributed by atoms with Crippen molar-refractivity contribution in [2.24, 2.45) is 0 Å². The van der Waals surface area contributed by atoms with Crippen molar-refractivity contribution in [2.45, 2.75) is 44.7 Å². The van der Waals surface area contributed by atoms with Gasteiger partial charge in [0.15, 0.2) is 17.7 Å². The second-order valence-corrected chi connectivity index (χ2v) is 3.50. The molecule has 0 amide bonds. The Labute approximate surface area is 77.7 Å². The molecule has 0 radical (unpaired) electrons. The van der Waals surface area contributed by atoms with E-state index in [1.807, 2.05) is 13.8 Å². The third-order valence-corrected chi connectivity index (χ3v) is 2.80. The predicted molar refractivity (Wildman–Crippen MR) is 47.2 cm³/mol. The normalized spacial score (nSPS) is 35.4. The van der Waals surface area contributed by atoms with E-state index in [9.17, 15) is 4.79 Å². The minimum Gasteiger partial charge on any atom is -0.339 e. The zero-order chi connectivity index (χ0) is 9.47. The molecule has 13 heavy (non-hydrogen) atoms. The van der Waals surface area contributed by atoms with Crippen LogP contribution in [0.15, 0.2) is 12.2 Å². The fourth-order valence-corrected chi connectivity index (χ4v) is 1.86. The maximum absolute atomic E-state index is 11.3. The van der Waals surface area contributed by atoms with Gasteiger partial charge >= 0.3 is 0 Å². The molecule has 1 saturated heterocycles. The summed E-state index contributed by atoms with van der Waals surface area (Å²) >= 11 is 0. The molecule has 0 aromatic carbocycles. The van der Waals surface area contributed by atoms with Crippen LogP contribution in [0.3, 0.4) is 0 Å². The van der Waals surface area contributed by atoms with Crippen LogP contribution < -0.4 is 0 Å². The number of carbonyl (C=O) groups is 1. The summed E-state index contributed by atoms with van der Waals surface area (Å²) in [6.45, 7) is 4.03. The first kappa shape index (κ1) is 8.91. The number of hydrogen-bond donors (Lipinski definition) is 0. The Morgan fingerprint density at radius 3 is 2.62 bits per heavy atom. The molecule has 3 heteroatoms. The molecule has 1 aliphatic carbocycles. The highest BCUT2D eigenvalue weighted by Gasteiger charge is 2.48.